The standard InChI is InChI=1S/C14H18N2O/c1-3-10-5-7-11(8-6-10)13-9-14(17-16-13)12(15)4-2/h5-9,12H,3-4,15H2,1-2H3. The number of nitrogens with zero attached hydrogens (tertiary/aromatic N) is 1. The van der Waals surface area contributed by atoms with Crippen molar-refractivity contribution in [3.05, 3.63) is 41.7 Å². The van der Waals surface area contributed by atoms with Gasteiger partial charge in [0.2, 0.25) is 0 Å². The number of nitrogens with two attached hydrogens (primary N) is 1. The molecule has 0 aliphatic rings. The van der Waals surface area contributed by atoms with Crippen LogP contribution in [0.4, 0.5) is 0 Å². The van der Waals surface area contributed by atoms with Crippen molar-refractivity contribution in [1.82, 2.24) is 5.16 Å². The number of aryl methyl sites for hydroxylation is 1. The van der Waals surface area contributed by atoms with E-state index < -0.39 is 0 Å². The van der Waals surface area contributed by atoms with Gasteiger partial charge in [-0.05, 0) is 18.4 Å². The van der Waals surface area contributed by atoms with Gasteiger partial charge in [0, 0.05) is 11.6 Å². The van der Waals surface area contributed by atoms with E-state index in [-0.39, 0.29) is 6.04 Å². The predicted molar refractivity (Wildman–Crippen MR) is 68.5 cm³/mol. The van der Waals surface area contributed by atoms with Crippen LogP contribution in [0.1, 0.15) is 37.6 Å². The average Bonchev–Trinajstić information content (AvgIpc) is 2.87. The van der Waals surface area contributed by atoms with Crippen molar-refractivity contribution >= 4 is 0 Å². The normalized spacial score (nSPS) is 12.6. The van der Waals surface area contributed by atoms with E-state index in [0.717, 1.165) is 29.9 Å². The summed E-state index contributed by atoms with van der Waals surface area (Å²) >= 11 is 0. The third kappa shape index (κ3) is 2.56. The van der Waals surface area contributed by atoms with Crippen LogP contribution in [0.25, 0.3) is 11.3 Å². The molecule has 90 valence electrons. The Labute approximate surface area is 102 Å². The Morgan fingerprint density at radius 3 is 2.53 bits per heavy atom. The Morgan fingerprint density at radius 2 is 1.94 bits per heavy atom. The van der Waals surface area contributed by atoms with Crippen LogP contribution in [0, 0.1) is 0 Å². The molecule has 2 N–H and O–H groups in total. The highest BCUT2D eigenvalue weighted by Crippen LogP contribution is 2.23. The molecule has 0 aliphatic carbocycles. The van der Waals surface area contributed by atoms with Crippen LogP contribution in [-0.4, -0.2) is 5.16 Å². The second-order valence-electron chi connectivity index (χ2n) is 4.18. The van der Waals surface area contributed by atoms with Gasteiger partial charge in [-0.25, -0.2) is 0 Å². The molecule has 1 aromatic heterocycles. The monoisotopic (exact) mass is 230 g/mol. The van der Waals surface area contributed by atoms with Crippen LogP contribution in [0.15, 0.2) is 34.9 Å². The maximum atomic E-state index is 5.90. The zero-order valence-electron chi connectivity index (χ0n) is 10.3. The van der Waals surface area contributed by atoms with E-state index in [1.807, 2.05) is 13.0 Å². The molecule has 3 nitrogen and oxygen atoms in total. The summed E-state index contributed by atoms with van der Waals surface area (Å²) in [6.45, 7) is 4.17. The van der Waals surface area contributed by atoms with Gasteiger partial charge in [-0.2, -0.15) is 0 Å². The lowest BCUT2D eigenvalue weighted by Crippen LogP contribution is -2.06. The summed E-state index contributed by atoms with van der Waals surface area (Å²) in [7, 11) is 0. The lowest BCUT2D eigenvalue weighted by Gasteiger charge is -2.00. The summed E-state index contributed by atoms with van der Waals surface area (Å²) < 4.78 is 5.25. The first-order valence-corrected chi connectivity index (χ1v) is 6.06. The minimum Gasteiger partial charge on any atom is -0.359 e. The van der Waals surface area contributed by atoms with Crippen molar-refractivity contribution in [2.75, 3.05) is 0 Å². The maximum Gasteiger partial charge on any atom is 0.154 e. The average molecular weight is 230 g/mol. The predicted octanol–water partition coefficient (Wildman–Crippen LogP) is 3.31. The van der Waals surface area contributed by atoms with Crippen molar-refractivity contribution in [3.63, 3.8) is 0 Å². The van der Waals surface area contributed by atoms with Gasteiger partial charge in [0.05, 0.1) is 6.04 Å². The van der Waals surface area contributed by atoms with Crippen LogP contribution in [0.3, 0.4) is 0 Å². The molecule has 2 aromatic rings. The van der Waals surface area contributed by atoms with Crippen LogP contribution in [0.2, 0.25) is 0 Å². The number of hydrogen-bond acceptors (Lipinski definition) is 3. The van der Waals surface area contributed by atoms with E-state index >= 15 is 0 Å². The van der Waals surface area contributed by atoms with Gasteiger partial charge in [0.1, 0.15) is 5.69 Å². The van der Waals surface area contributed by atoms with Gasteiger partial charge < -0.3 is 10.3 Å². The Balaban J connectivity index is 2.24. The van der Waals surface area contributed by atoms with E-state index in [4.69, 9.17) is 10.3 Å². The largest absolute Gasteiger partial charge is 0.359 e. The molecule has 2 rings (SSSR count). The molecule has 17 heavy (non-hydrogen) atoms. The van der Waals surface area contributed by atoms with Crippen LogP contribution >= 0.6 is 0 Å². The number of rotatable bonds is 4. The molecule has 0 fully saturated rings. The minimum atomic E-state index is -0.0637. The molecule has 0 radical (unpaired) electrons. The van der Waals surface area contributed by atoms with Crippen molar-refractivity contribution in [2.45, 2.75) is 32.7 Å². The second kappa shape index (κ2) is 5.15. The van der Waals surface area contributed by atoms with Crippen molar-refractivity contribution in [3.8, 4) is 11.3 Å². The fourth-order valence-corrected chi connectivity index (χ4v) is 1.71. The summed E-state index contributed by atoms with van der Waals surface area (Å²) in [4.78, 5) is 0. The summed E-state index contributed by atoms with van der Waals surface area (Å²) in [5.74, 6) is 0.752. The van der Waals surface area contributed by atoms with Gasteiger partial charge in [0.25, 0.3) is 0 Å². The number of benzene rings is 1. The fraction of sp³-hybridized carbons (Fsp3) is 0.357. The first-order valence-electron chi connectivity index (χ1n) is 6.06. The minimum absolute atomic E-state index is 0.0637. The fourth-order valence-electron chi connectivity index (χ4n) is 1.71. The van der Waals surface area contributed by atoms with E-state index in [2.05, 4.69) is 36.3 Å². The SMILES string of the molecule is CCc1ccc(-c2cc(C(N)CC)on2)cc1. The van der Waals surface area contributed by atoms with Gasteiger partial charge in [0.15, 0.2) is 5.76 Å². The van der Waals surface area contributed by atoms with E-state index in [1.54, 1.807) is 0 Å². The molecule has 0 saturated heterocycles. The summed E-state index contributed by atoms with van der Waals surface area (Å²) in [6.07, 6.45) is 1.90. The molecule has 0 amide bonds. The highest BCUT2D eigenvalue weighted by atomic mass is 16.5. The maximum absolute atomic E-state index is 5.90. The van der Waals surface area contributed by atoms with E-state index in [9.17, 15) is 0 Å². The molecule has 0 bridgehead atoms. The lowest BCUT2D eigenvalue weighted by molar-refractivity contribution is 0.360. The highest BCUT2D eigenvalue weighted by Gasteiger charge is 2.11. The van der Waals surface area contributed by atoms with Crippen molar-refractivity contribution < 1.29 is 4.52 Å². The third-order valence-electron chi connectivity index (χ3n) is 2.99. The topological polar surface area (TPSA) is 52.0 Å². The first-order chi connectivity index (χ1) is 8.24. The first kappa shape index (κ1) is 11.9. The molecule has 1 aromatic carbocycles. The molecule has 0 aliphatic heterocycles. The Hall–Kier alpha value is -1.61. The number of hydrogen-bond donors (Lipinski definition) is 1. The van der Waals surface area contributed by atoms with Gasteiger partial charge in [-0.1, -0.05) is 43.3 Å². The highest BCUT2D eigenvalue weighted by molar-refractivity contribution is 5.59. The Morgan fingerprint density at radius 1 is 1.24 bits per heavy atom. The number of aromatic nitrogens is 1. The van der Waals surface area contributed by atoms with E-state index in [1.165, 1.54) is 5.56 Å². The Bertz CT molecular complexity index is 473. The smallest absolute Gasteiger partial charge is 0.154 e. The Kier molecular flexibility index (Phi) is 3.59. The summed E-state index contributed by atoms with van der Waals surface area (Å²) in [5.41, 5.74) is 9.14. The van der Waals surface area contributed by atoms with Crippen molar-refractivity contribution in [1.29, 1.82) is 0 Å². The van der Waals surface area contributed by atoms with Crippen molar-refractivity contribution in [2.24, 2.45) is 5.73 Å². The molecule has 0 saturated carbocycles. The summed E-state index contributed by atoms with van der Waals surface area (Å²) in [5, 5.41) is 4.06. The van der Waals surface area contributed by atoms with Crippen LogP contribution in [0.5, 0.6) is 0 Å². The van der Waals surface area contributed by atoms with Gasteiger partial charge >= 0.3 is 0 Å². The van der Waals surface area contributed by atoms with Crippen LogP contribution < -0.4 is 5.73 Å². The molecule has 1 unspecified atom stereocenters. The van der Waals surface area contributed by atoms with Crippen LogP contribution in [-0.2, 0) is 6.42 Å². The molecular formula is C14H18N2O. The van der Waals surface area contributed by atoms with Gasteiger partial charge in [-0.15, -0.1) is 0 Å². The second-order valence-corrected chi connectivity index (χ2v) is 4.18. The van der Waals surface area contributed by atoms with E-state index in [0.29, 0.717) is 0 Å². The quantitative estimate of drug-likeness (QED) is 0.876. The van der Waals surface area contributed by atoms with Gasteiger partial charge in [-0.3, -0.25) is 0 Å². The molecule has 1 heterocycles. The molecular weight excluding hydrogens is 212 g/mol. The zero-order valence-corrected chi connectivity index (χ0v) is 10.3. The molecule has 3 heteroatoms. The molecule has 1 atom stereocenters. The molecule has 0 spiro atoms. The zero-order chi connectivity index (χ0) is 12.3. The summed E-state index contributed by atoms with van der Waals surface area (Å²) in [6, 6.07) is 10.2. The third-order valence-corrected chi connectivity index (χ3v) is 2.99. The lowest BCUT2D eigenvalue weighted by atomic mass is 10.1.